The van der Waals surface area contributed by atoms with Crippen LogP contribution in [0.2, 0.25) is 5.15 Å². The zero-order valence-corrected chi connectivity index (χ0v) is 12.1. The van der Waals surface area contributed by atoms with Gasteiger partial charge in [0.15, 0.2) is 5.65 Å². The van der Waals surface area contributed by atoms with Crippen molar-refractivity contribution in [3.05, 3.63) is 29.2 Å². The summed E-state index contributed by atoms with van der Waals surface area (Å²) in [6.45, 7) is 0.941. The van der Waals surface area contributed by atoms with Gasteiger partial charge in [0, 0.05) is 24.3 Å². The molecule has 3 heterocycles. The lowest BCUT2D eigenvalue weighted by Gasteiger charge is -2.36. The van der Waals surface area contributed by atoms with Crippen molar-refractivity contribution in [3.63, 3.8) is 0 Å². The molecular formula is C15H18ClN3O. The van der Waals surface area contributed by atoms with Crippen molar-refractivity contribution in [2.45, 2.75) is 50.0 Å². The van der Waals surface area contributed by atoms with Crippen LogP contribution in [0.25, 0.3) is 5.65 Å². The van der Waals surface area contributed by atoms with Crippen molar-refractivity contribution < 1.29 is 4.74 Å². The molecule has 1 aliphatic carbocycles. The van der Waals surface area contributed by atoms with Crippen molar-refractivity contribution in [1.29, 1.82) is 0 Å². The number of halogens is 1. The van der Waals surface area contributed by atoms with E-state index in [1.807, 2.05) is 12.1 Å². The van der Waals surface area contributed by atoms with Gasteiger partial charge in [-0.15, -0.1) is 0 Å². The number of aromatic nitrogens is 3. The molecule has 1 aliphatic heterocycles. The van der Waals surface area contributed by atoms with Gasteiger partial charge in [-0.3, -0.25) is 0 Å². The van der Waals surface area contributed by atoms with Gasteiger partial charge in [0.05, 0.1) is 11.8 Å². The van der Waals surface area contributed by atoms with E-state index >= 15 is 0 Å². The van der Waals surface area contributed by atoms with Crippen molar-refractivity contribution in [2.24, 2.45) is 0 Å². The van der Waals surface area contributed by atoms with E-state index in [9.17, 15) is 0 Å². The van der Waals surface area contributed by atoms with Gasteiger partial charge >= 0.3 is 0 Å². The van der Waals surface area contributed by atoms with Gasteiger partial charge < -0.3 is 4.74 Å². The van der Waals surface area contributed by atoms with Crippen LogP contribution >= 0.6 is 11.6 Å². The number of rotatable bonds is 1. The Morgan fingerprint density at radius 3 is 2.90 bits per heavy atom. The average molecular weight is 292 g/mol. The van der Waals surface area contributed by atoms with Crippen LogP contribution in [0.1, 0.15) is 50.1 Å². The maximum Gasteiger partial charge on any atom is 0.156 e. The second kappa shape index (κ2) is 4.71. The molecule has 1 spiro atoms. The summed E-state index contributed by atoms with van der Waals surface area (Å²) in [5.74, 6) is 0.502. The SMILES string of the molecule is Clc1cc(C2CCC3(CCCO3)CC2)nc2ccnn12. The molecule has 0 unspecified atom stereocenters. The van der Waals surface area contributed by atoms with Crippen molar-refractivity contribution in [2.75, 3.05) is 6.61 Å². The number of ether oxygens (including phenoxy) is 1. The van der Waals surface area contributed by atoms with Crippen LogP contribution in [0.3, 0.4) is 0 Å². The Morgan fingerprint density at radius 2 is 2.15 bits per heavy atom. The summed E-state index contributed by atoms with van der Waals surface area (Å²) >= 11 is 6.28. The van der Waals surface area contributed by atoms with Crippen molar-refractivity contribution in [1.82, 2.24) is 14.6 Å². The molecule has 1 saturated carbocycles. The first-order chi connectivity index (χ1) is 9.76. The molecule has 4 nitrogen and oxygen atoms in total. The third-order valence-corrected chi connectivity index (χ3v) is 5.11. The normalized spacial score (nSPS) is 30.4. The minimum Gasteiger partial charge on any atom is -0.375 e. The van der Waals surface area contributed by atoms with Gasteiger partial charge in [0.2, 0.25) is 0 Å². The number of hydrogen-bond donors (Lipinski definition) is 0. The lowest BCUT2D eigenvalue weighted by Crippen LogP contribution is -2.32. The van der Waals surface area contributed by atoms with Crippen LogP contribution in [0.4, 0.5) is 0 Å². The maximum absolute atomic E-state index is 6.28. The highest BCUT2D eigenvalue weighted by Gasteiger charge is 2.39. The Hall–Kier alpha value is -1.13. The Labute approximate surface area is 123 Å². The summed E-state index contributed by atoms with van der Waals surface area (Å²) in [6.07, 6.45) is 8.79. The van der Waals surface area contributed by atoms with E-state index in [1.54, 1.807) is 10.7 Å². The summed E-state index contributed by atoms with van der Waals surface area (Å²) in [7, 11) is 0. The van der Waals surface area contributed by atoms with Crippen molar-refractivity contribution in [3.8, 4) is 0 Å². The van der Waals surface area contributed by atoms with E-state index in [-0.39, 0.29) is 5.60 Å². The summed E-state index contributed by atoms with van der Waals surface area (Å²) in [5, 5.41) is 4.81. The fourth-order valence-electron chi connectivity index (χ4n) is 3.69. The molecule has 0 amide bonds. The van der Waals surface area contributed by atoms with Gasteiger partial charge in [-0.1, -0.05) is 11.6 Å². The van der Waals surface area contributed by atoms with Crippen LogP contribution in [-0.4, -0.2) is 26.8 Å². The highest BCUT2D eigenvalue weighted by molar-refractivity contribution is 6.29. The van der Waals surface area contributed by atoms with E-state index in [0.29, 0.717) is 11.1 Å². The molecule has 0 atom stereocenters. The molecule has 4 rings (SSSR count). The second-order valence-corrected chi connectivity index (χ2v) is 6.40. The first-order valence-corrected chi connectivity index (χ1v) is 7.78. The summed E-state index contributed by atoms with van der Waals surface area (Å²) in [5.41, 5.74) is 2.13. The second-order valence-electron chi connectivity index (χ2n) is 6.01. The zero-order chi connectivity index (χ0) is 13.6. The lowest BCUT2D eigenvalue weighted by atomic mass is 9.76. The van der Waals surface area contributed by atoms with E-state index in [2.05, 4.69) is 5.10 Å². The number of fused-ring (bicyclic) bond motifs is 1. The van der Waals surface area contributed by atoms with Crippen LogP contribution in [0.15, 0.2) is 18.3 Å². The highest BCUT2D eigenvalue weighted by atomic mass is 35.5. The molecule has 20 heavy (non-hydrogen) atoms. The molecule has 0 aromatic carbocycles. The molecule has 106 valence electrons. The summed E-state index contributed by atoms with van der Waals surface area (Å²) in [4.78, 5) is 4.71. The molecule has 1 saturated heterocycles. The Morgan fingerprint density at radius 1 is 1.30 bits per heavy atom. The minimum absolute atomic E-state index is 0.182. The van der Waals surface area contributed by atoms with Crippen molar-refractivity contribution >= 4 is 17.2 Å². The highest BCUT2D eigenvalue weighted by Crippen LogP contribution is 2.44. The molecule has 2 aromatic rings. The predicted molar refractivity (Wildman–Crippen MR) is 77.1 cm³/mol. The topological polar surface area (TPSA) is 39.4 Å². The Balaban J connectivity index is 1.58. The standard InChI is InChI=1S/C15H18ClN3O/c16-13-10-12(18-14-4-8-17-19(13)14)11-2-6-15(7-3-11)5-1-9-20-15/h4,8,10-11H,1-3,5-7,9H2. The Kier molecular flexibility index (Phi) is 2.97. The van der Waals surface area contributed by atoms with Gasteiger partial charge in [0.25, 0.3) is 0 Å². The number of hydrogen-bond acceptors (Lipinski definition) is 3. The monoisotopic (exact) mass is 291 g/mol. The Bertz CT molecular complexity index is 623. The molecular weight excluding hydrogens is 274 g/mol. The lowest BCUT2D eigenvalue weighted by molar-refractivity contribution is -0.0283. The molecule has 2 fully saturated rings. The minimum atomic E-state index is 0.182. The van der Waals surface area contributed by atoms with Crippen LogP contribution in [0, 0.1) is 0 Å². The van der Waals surface area contributed by atoms with Crippen LogP contribution < -0.4 is 0 Å². The van der Waals surface area contributed by atoms with Gasteiger partial charge in [0.1, 0.15) is 5.15 Å². The third kappa shape index (κ3) is 2.02. The smallest absolute Gasteiger partial charge is 0.156 e. The molecule has 2 aromatic heterocycles. The van der Waals surface area contributed by atoms with Gasteiger partial charge in [-0.05, 0) is 44.6 Å². The summed E-state index contributed by atoms with van der Waals surface area (Å²) < 4.78 is 7.66. The van der Waals surface area contributed by atoms with E-state index in [4.69, 9.17) is 21.3 Å². The number of nitrogens with zero attached hydrogens (tertiary/aromatic N) is 3. The predicted octanol–water partition coefficient (Wildman–Crippen LogP) is 3.59. The van der Waals surface area contributed by atoms with E-state index < -0.39 is 0 Å². The van der Waals surface area contributed by atoms with E-state index in [0.717, 1.165) is 43.6 Å². The summed E-state index contributed by atoms with van der Waals surface area (Å²) in [6, 6.07) is 3.87. The van der Waals surface area contributed by atoms with Crippen LogP contribution in [0.5, 0.6) is 0 Å². The van der Waals surface area contributed by atoms with Gasteiger partial charge in [-0.2, -0.15) is 5.10 Å². The fourth-order valence-corrected chi connectivity index (χ4v) is 3.93. The fraction of sp³-hybridized carbons (Fsp3) is 0.600. The molecule has 5 heteroatoms. The molecule has 0 radical (unpaired) electrons. The first-order valence-electron chi connectivity index (χ1n) is 7.40. The third-order valence-electron chi connectivity index (χ3n) is 4.84. The largest absolute Gasteiger partial charge is 0.375 e. The first kappa shape index (κ1) is 12.6. The van der Waals surface area contributed by atoms with Crippen LogP contribution in [-0.2, 0) is 4.74 Å². The molecule has 0 N–H and O–H groups in total. The maximum atomic E-state index is 6.28. The van der Waals surface area contributed by atoms with Gasteiger partial charge in [-0.25, -0.2) is 9.50 Å². The molecule has 0 bridgehead atoms. The zero-order valence-electron chi connectivity index (χ0n) is 11.4. The average Bonchev–Trinajstić information content (AvgIpc) is 3.09. The van der Waals surface area contributed by atoms with E-state index in [1.165, 1.54) is 12.8 Å². The quantitative estimate of drug-likeness (QED) is 0.754. The molecule has 2 aliphatic rings.